The molecule has 0 aliphatic carbocycles. The van der Waals surface area contributed by atoms with Gasteiger partial charge in [-0.1, -0.05) is 6.07 Å². The van der Waals surface area contributed by atoms with Crippen molar-refractivity contribution in [1.29, 1.82) is 0 Å². The van der Waals surface area contributed by atoms with Crippen molar-refractivity contribution < 1.29 is 32.2 Å². The molecule has 0 aliphatic rings. The fourth-order valence-electron chi connectivity index (χ4n) is 1.49. The summed E-state index contributed by atoms with van der Waals surface area (Å²) in [4.78, 5) is 21.6. The number of carboxylic acids is 1. The van der Waals surface area contributed by atoms with Crippen LogP contribution >= 0.6 is 0 Å². The number of hydrogen-bond acceptors (Lipinski definition) is 5. The molecule has 21 heavy (non-hydrogen) atoms. The zero-order valence-electron chi connectivity index (χ0n) is 11.1. The number of benzene rings is 1. The van der Waals surface area contributed by atoms with E-state index in [1.165, 1.54) is 6.07 Å². The van der Waals surface area contributed by atoms with Crippen LogP contribution in [0.1, 0.15) is 12.8 Å². The summed E-state index contributed by atoms with van der Waals surface area (Å²) in [6.45, 7) is 0. The molecule has 0 saturated carbocycles. The lowest BCUT2D eigenvalue weighted by Crippen LogP contribution is -2.41. The number of nitrogens with one attached hydrogen (secondary N) is 1. The first-order chi connectivity index (χ1) is 9.76. The highest BCUT2D eigenvalue weighted by molar-refractivity contribution is 7.89. The number of aliphatic carboxylic acids is 1. The van der Waals surface area contributed by atoms with Crippen molar-refractivity contribution in [3.05, 3.63) is 30.1 Å². The van der Waals surface area contributed by atoms with E-state index >= 15 is 0 Å². The second-order valence-electron chi connectivity index (χ2n) is 4.08. The van der Waals surface area contributed by atoms with Crippen LogP contribution in [0.4, 0.5) is 4.39 Å². The molecule has 0 fully saturated rings. The van der Waals surface area contributed by atoms with E-state index in [0.717, 1.165) is 25.3 Å². The quantitative estimate of drug-likeness (QED) is 0.709. The van der Waals surface area contributed by atoms with Gasteiger partial charge < -0.3 is 9.84 Å². The van der Waals surface area contributed by atoms with Gasteiger partial charge in [-0.25, -0.2) is 12.8 Å². The molecule has 1 rings (SSSR count). The smallest absolute Gasteiger partial charge is 0.321 e. The van der Waals surface area contributed by atoms with E-state index in [4.69, 9.17) is 5.11 Å². The van der Waals surface area contributed by atoms with Gasteiger partial charge in [-0.15, -0.1) is 0 Å². The minimum Gasteiger partial charge on any atom is -0.480 e. The molecular weight excluding hydrogens is 305 g/mol. The van der Waals surface area contributed by atoms with Gasteiger partial charge >= 0.3 is 11.9 Å². The standard InChI is InChI=1S/C12H14FNO6S/c1-20-11(15)6-5-10(12(16)17)14-21(18,19)9-4-2-3-8(13)7-9/h2-4,7,10,14H,5-6H2,1H3,(H,16,17)/t10-/m0/s1. The molecule has 1 atom stereocenters. The van der Waals surface area contributed by atoms with Gasteiger partial charge in [0, 0.05) is 6.42 Å². The summed E-state index contributed by atoms with van der Waals surface area (Å²) in [5.74, 6) is -2.87. The van der Waals surface area contributed by atoms with Crippen LogP contribution in [-0.4, -0.2) is 38.6 Å². The number of esters is 1. The Morgan fingerprint density at radius 3 is 2.62 bits per heavy atom. The van der Waals surface area contributed by atoms with Crippen molar-refractivity contribution in [3.63, 3.8) is 0 Å². The number of halogens is 1. The third-order valence-electron chi connectivity index (χ3n) is 2.57. The summed E-state index contributed by atoms with van der Waals surface area (Å²) in [6, 6.07) is 2.63. The first-order valence-corrected chi connectivity index (χ1v) is 7.32. The highest BCUT2D eigenvalue weighted by atomic mass is 32.2. The Balaban J connectivity index is 2.87. The molecule has 1 aromatic rings. The van der Waals surface area contributed by atoms with Gasteiger partial charge in [-0.3, -0.25) is 9.59 Å². The molecule has 0 aliphatic heterocycles. The van der Waals surface area contributed by atoms with E-state index in [1.54, 1.807) is 0 Å². The lowest BCUT2D eigenvalue weighted by atomic mass is 10.2. The SMILES string of the molecule is COC(=O)CC[C@H](NS(=O)(=O)c1cccc(F)c1)C(=O)O. The summed E-state index contributed by atoms with van der Waals surface area (Å²) in [5.41, 5.74) is 0. The number of carbonyl (C=O) groups excluding carboxylic acids is 1. The van der Waals surface area contributed by atoms with E-state index in [9.17, 15) is 22.4 Å². The third-order valence-corrected chi connectivity index (χ3v) is 4.04. The van der Waals surface area contributed by atoms with Crippen LogP contribution in [-0.2, 0) is 24.3 Å². The highest BCUT2D eigenvalue weighted by Gasteiger charge is 2.26. The normalized spacial score (nSPS) is 12.7. The number of ether oxygens (including phenoxy) is 1. The first-order valence-electron chi connectivity index (χ1n) is 5.84. The fourth-order valence-corrected chi connectivity index (χ4v) is 2.74. The van der Waals surface area contributed by atoms with Gasteiger partial charge in [-0.05, 0) is 24.6 Å². The molecule has 0 aromatic heterocycles. The maximum atomic E-state index is 13.0. The Morgan fingerprint density at radius 1 is 1.43 bits per heavy atom. The summed E-state index contributed by atoms with van der Waals surface area (Å²) in [5, 5.41) is 8.97. The summed E-state index contributed by atoms with van der Waals surface area (Å²) < 4.78 is 43.2. The first kappa shape index (κ1) is 17.1. The molecule has 0 radical (unpaired) electrons. The van der Waals surface area contributed by atoms with Gasteiger partial charge in [0.15, 0.2) is 0 Å². The van der Waals surface area contributed by atoms with Crippen LogP contribution in [0.5, 0.6) is 0 Å². The number of sulfonamides is 1. The molecule has 0 unspecified atom stereocenters. The second kappa shape index (κ2) is 7.14. The van der Waals surface area contributed by atoms with Gasteiger partial charge in [0.05, 0.1) is 12.0 Å². The number of rotatable bonds is 7. The van der Waals surface area contributed by atoms with Crippen LogP contribution < -0.4 is 4.72 Å². The molecule has 0 saturated heterocycles. The molecule has 0 spiro atoms. The predicted molar refractivity (Wildman–Crippen MR) is 69.4 cm³/mol. The van der Waals surface area contributed by atoms with Crippen molar-refractivity contribution in [2.75, 3.05) is 7.11 Å². The highest BCUT2D eigenvalue weighted by Crippen LogP contribution is 2.12. The maximum Gasteiger partial charge on any atom is 0.321 e. The largest absolute Gasteiger partial charge is 0.480 e. The predicted octanol–water partition coefficient (Wildman–Crippen LogP) is 0.510. The van der Waals surface area contributed by atoms with Gasteiger partial charge in [0.1, 0.15) is 11.9 Å². The van der Waals surface area contributed by atoms with Crippen LogP contribution in [0.25, 0.3) is 0 Å². The molecular formula is C12H14FNO6S. The molecule has 7 nitrogen and oxygen atoms in total. The Hall–Kier alpha value is -2.00. The van der Waals surface area contributed by atoms with Crippen molar-refractivity contribution in [2.24, 2.45) is 0 Å². The Labute approximate surface area is 120 Å². The fraction of sp³-hybridized carbons (Fsp3) is 0.333. The van der Waals surface area contributed by atoms with E-state index in [-0.39, 0.29) is 12.8 Å². The molecule has 0 amide bonds. The van der Waals surface area contributed by atoms with Crippen molar-refractivity contribution >= 4 is 22.0 Å². The van der Waals surface area contributed by atoms with Gasteiger partial charge in [0.25, 0.3) is 0 Å². The van der Waals surface area contributed by atoms with E-state index in [0.29, 0.717) is 0 Å². The molecule has 0 heterocycles. The van der Waals surface area contributed by atoms with Crippen LogP contribution in [0.3, 0.4) is 0 Å². The number of methoxy groups -OCH3 is 1. The Bertz CT molecular complexity index is 630. The number of carboxylic acid groups (broad SMARTS) is 1. The zero-order valence-corrected chi connectivity index (χ0v) is 11.9. The van der Waals surface area contributed by atoms with E-state index in [2.05, 4.69) is 4.74 Å². The monoisotopic (exact) mass is 319 g/mol. The van der Waals surface area contributed by atoms with Crippen LogP contribution in [0.2, 0.25) is 0 Å². The number of hydrogen-bond donors (Lipinski definition) is 2. The minimum atomic E-state index is -4.20. The lowest BCUT2D eigenvalue weighted by Gasteiger charge is -2.14. The summed E-state index contributed by atoms with van der Waals surface area (Å²) in [6.07, 6.45) is -0.546. The molecule has 9 heteroatoms. The Kier molecular flexibility index (Phi) is 5.79. The van der Waals surface area contributed by atoms with Gasteiger partial charge in [-0.2, -0.15) is 4.72 Å². The van der Waals surface area contributed by atoms with Gasteiger partial charge in [0.2, 0.25) is 10.0 Å². The zero-order chi connectivity index (χ0) is 16.0. The third kappa shape index (κ3) is 5.12. The maximum absolute atomic E-state index is 13.0. The molecule has 0 bridgehead atoms. The summed E-state index contributed by atoms with van der Waals surface area (Å²) in [7, 11) is -3.07. The molecule has 2 N–H and O–H groups in total. The second-order valence-corrected chi connectivity index (χ2v) is 5.80. The van der Waals surface area contributed by atoms with Crippen molar-refractivity contribution in [1.82, 2.24) is 4.72 Å². The average molecular weight is 319 g/mol. The van der Waals surface area contributed by atoms with Crippen molar-refractivity contribution in [3.8, 4) is 0 Å². The average Bonchev–Trinajstić information content (AvgIpc) is 2.42. The van der Waals surface area contributed by atoms with Crippen molar-refractivity contribution in [2.45, 2.75) is 23.8 Å². The van der Waals surface area contributed by atoms with Crippen LogP contribution in [0.15, 0.2) is 29.2 Å². The Morgan fingerprint density at radius 2 is 2.10 bits per heavy atom. The molecule has 1 aromatic carbocycles. The van der Waals surface area contributed by atoms with E-state index < -0.39 is 38.7 Å². The summed E-state index contributed by atoms with van der Waals surface area (Å²) >= 11 is 0. The topological polar surface area (TPSA) is 110 Å². The van der Waals surface area contributed by atoms with Crippen LogP contribution in [0, 0.1) is 5.82 Å². The lowest BCUT2D eigenvalue weighted by molar-refractivity contribution is -0.142. The van der Waals surface area contributed by atoms with E-state index in [1.807, 2.05) is 4.72 Å². The number of carbonyl (C=O) groups is 2. The minimum absolute atomic E-state index is 0.265. The molecule has 116 valence electrons.